The summed E-state index contributed by atoms with van der Waals surface area (Å²) in [7, 11) is 0. The van der Waals surface area contributed by atoms with Gasteiger partial charge in [-0.3, -0.25) is 4.79 Å². The molecule has 0 radical (unpaired) electrons. The summed E-state index contributed by atoms with van der Waals surface area (Å²) in [6.07, 6.45) is 0. The first-order valence-corrected chi connectivity index (χ1v) is 0.928. The van der Waals surface area contributed by atoms with Crippen molar-refractivity contribution in [3.05, 3.63) is 0 Å². The molecule has 0 saturated carbocycles. The van der Waals surface area contributed by atoms with E-state index in [2.05, 4.69) is 0 Å². The molecule has 1 N–H and O–H groups in total. The van der Waals surface area contributed by atoms with Crippen molar-refractivity contribution in [1.29, 1.82) is 0 Å². The first-order chi connectivity index (χ1) is 1.73. The molecule has 0 aromatic rings. The summed E-state index contributed by atoms with van der Waals surface area (Å²) >= 11 is 0. The van der Waals surface area contributed by atoms with Gasteiger partial charge in [-0.1, -0.05) is 0 Å². The topological polar surface area (TPSA) is 37.3 Å². The van der Waals surface area contributed by atoms with Gasteiger partial charge in [-0.2, -0.15) is 0 Å². The second-order valence-electron chi connectivity index (χ2n) is 0.519. The molecule has 2 nitrogen and oxygen atoms in total. The van der Waals surface area contributed by atoms with Crippen LogP contribution in [0.2, 0.25) is 0 Å². The van der Waals surface area contributed by atoms with Crippen molar-refractivity contribution in [2.24, 2.45) is 0 Å². The summed E-state index contributed by atoms with van der Waals surface area (Å²) in [5, 5.41) is 7.42. The quantitative estimate of drug-likeness (QED) is 0.638. The zero-order valence-electron chi connectivity index (χ0n) is 3.97. The Morgan fingerprint density at radius 3 is 1.57 bits per heavy atom. The third-order valence-corrected chi connectivity index (χ3v) is 0. The predicted octanol–water partition coefficient (Wildman–Crippen LogP) is 0.508. The van der Waals surface area contributed by atoms with Gasteiger partial charge >= 0.3 is 0 Å². The molecule has 0 amide bonds. The normalized spacial score (nSPS) is 3.57. The molecule has 0 aromatic carbocycles. The van der Waals surface area contributed by atoms with Crippen LogP contribution in [0.1, 0.15) is 6.92 Å². The van der Waals surface area contributed by atoms with E-state index in [-0.39, 0.29) is 58.1 Å². The molecule has 0 rings (SSSR count). The van der Waals surface area contributed by atoms with Crippen LogP contribution in [-0.4, -0.2) is 11.1 Å². The molecule has 0 spiro atoms. The van der Waals surface area contributed by atoms with Crippen LogP contribution in [-0.2, 0) is 50.5 Å². The van der Waals surface area contributed by atoms with Gasteiger partial charge in [-0.15, -0.1) is 12.4 Å². The van der Waals surface area contributed by atoms with Crippen molar-refractivity contribution in [1.82, 2.24) is 0 Å². The average molecular weight is 253 g/mol. The Bertz CT molecular complexity index is 38.7. The van der Waals surface area contributed by atoms with Gasteiger partial charge in [0.2, 0.25) is 0 Å². The van der Waals surface area contributed by atoms with E-state index in [1.165, 1.54) is 0 Å². The second-order valence-corrected chi connectivity index (χ2v) is 0.519. The van der Waals surface area contributed by atoms with Gasteiger partial charge < -0.3 is 5.11 Å². The molecule has 0 fully saturated rings. The summed E-state index contributed by atoms with van der Waals surface area (Å²) in [6.45, 7) is 1.08. The Morgan fingerprint density at radius 1 is 1.57 bits per heavy atom. The van der Waals surface area contributed by atoms with E-state index in [9.17, 15) is 0 Å². The Morgan fingerprint density at radius 2 is 1.57 bits per heavy atom. The van der Waals surface area contributed by atoms with E-state index in [1.54, 1.807) is 0 Å². The summed E-state index contributed by atoms with van der Waals surface area (Å²) in [4.78, 5) is 9.00. The van der Waals surface area contributed by atoms with Crippen molar-refractivity contribution in [2.45, 2.75) is 6.92 Å². The molecule has 0 aliphatic heterocycles. The van der Waals surface area contributed by atoms with Gasteiger partial charge in [-0.25, -0.2) is 0 Å². The molecule has 0 heterocycles. The number of carboxylic acids is 1. The average Bonchev–Trinajstić information content (AvgIpc) is 0.811. The molecule has 0 unspecified atom stereocenters. The van der Waals surface area contributed by atoms with Crippen LogP contribution in [0.3, 0.4) is 0 Å². The summed E-state index contributed by atoms with van der Waals surface area (Å²) < 4.78 is 0. The summed E-state index contributed by atoms with van der Waals surface area (Å²) in [5.74, 6) is -0.833. The molecule has 5 heteroatoms. The Balaban J connectivity index is -0.0000000150. The monoisotopic (exact) mass is 250 g/mol. The first-order valence-electron chi connectivity index (χ1n) is 0.928. The molecule has 0 atom stereocenters. The van der Waals surface area contributed by atoms with Gasteiger partial charge in [0, 0.05) is 52.6 Å². The van der Waals surface area contributed by atoms with Crippen LogP contribution < -0.4 is 0 Å². The third-order valence-electron chi connectivity index (χ3n) is 0. The zero-order chi connectivity index (χ0) is 3.58. The van der Waals surface area contributed by atoms with Crippen LogP contribution in [0.4, 0.5) is 0 Å². The van der Waals surface area contributed by atoms with Crippen LogP contribution >= 0.6 is 12.4 Å². The van der Waals surface area contributed by atoms with Crippen molar-refractivity contribution >= 4 is 18.4 Å². The molecule has 7 heavy (non-hydrogen) atoms. The maximum atomic E-state index is 9.00. The maximum Gasteiger partial charge on any atom is 0.300 e. The van der Waals surface area contributed by atoms with E-state index in [0.29, 0.717) is 0 Å². The third kappa shape index (κ3) is 126. The van der Waals surface area contributed by atoms with Gasteiger partial charge in [0.1, 0.15) is 0 Å². The number of hydrogen-bond acceptors (Lipinski definition) is 1. The van der Waals surface area contributed by atoms with Crippen molar-refractivity contribution in [3.63, 3.8) is 0 Å². The number of carbonyl (C=O) groups is 1. The van der Waals surface area contributed by atoms with E-state index in [0.717, 1.165) is 6.92 Å². The fourth-order valence-electron chi connectivity index (χ4n) is 0. The smallest absolute Gasteiger partial charge is 0.300 e. The number of aliphatic carboxylic acids is 1. The predicted molar refractivity (Wildman–Crippen MR) is 20.6 cm³/mol. The molecule has 0 aliphatic carbocycles. The van der Waals surface area contributed by atoms with E-state index >= 15 is 0 Å². The van der Waals surface area contributed by atoms with Crippen LogP contribution in [0.5, 0.6) is 0 Å². The molecular formula is C2H5ClO2ZnZr. The summed E-state index contributed by atoms with van der Waals surface area (Å²) in [5.41, 5.74) is 0. The van der Waals surface area contributed by atoms with Crippen molar-refractivity contribution in [2.75, 3.05) is 0 Å². The standard InChI is InChI=1S/C2H4O2.ClH.Zn.Zr/c1-2(3)4;;;/h1H3,(H,3,4);1H;;. The largest absolute Gasteiger partial charge is 0.481 e. The maximum absolute atomic E-state index is 9.00. The minimum absolute atomic E-state index is 0. The molecule has 0 aromatic heterocycles. The van der Waals surface area contributed by atoms with Gasteiger partial charge in [0.05, 0.1) is 0 Å². The Hall–Kier alpha value is 1.27. The van der Waals surface area contributed by atoms with Crippen LogP contribution in [0.25, 0.3) is 0 Å². The Kier molecular flexibility index (Phi) is 53.7. The zero-order valence-corrected chi connectivity index (χ0v) is 10.2. The van der Waals surface area contributed by atoms with Crippen molar-refractivity contribution in [3.8, 4) is 0 Å². The fraction of sp³-hybridized carbons (Fsp3) is 0.500. The minimum atomic E-state index is -0.833. The van der Waals surface area contributed by atoms with E-state index < -0.39 is 5.97 Å². The van der Waals surface area contributed by atoms with E-state index in [1.807, 2.05) is 0 Å². The molecular weight excluding hydrogens is 248 g/mol. The number of rotatable bonds is 0. The molecule has 0 aliphatic rings. The van der Waals surface area contributed by atoms with Crippen molar-refractivity contribution < 1.29 is 55.6 Å². The molecule has 38 valence electrons. The second kappa shape index (κ2) is 15.7. The fourth-order valence-corrected chi connectivity index (χ4v) is 0. The number of hydrogen-bond donors (Lipinski definition) is 1. The first kappa shape index (κ1) is 24.0. The minimum Gasteiger partial charge on any atom is -0.481 e. The summed E-state index contributed by atoms with van der Waals surface area (Å²) in [6, 6.07) is 0. The van der Waals surface area contributed by atoms with Gasteiger partial charge in [-0.05, 0) is 0 Å². The molecule has 0 saturated heterocycles. The number of carboxylic acid groups (broad SMARTS) is 1. The Labute approximate surface area is 80.3 Å². The number of halogens is 1. The van der Waals surface area contributed by atoms with Crippen LogP contribution in [0.15, 0.2) is 0 Å². The van der Waals surface area contributed by atoms with Crippen LogP contribution in [0, 0.1) is 0 Å². The SMILES string of the molecule is CC(=O)O.Cl.[Zn].[Zr]. The molecule has 0 bridgehead atoms. The van der Waals surface area contributed by atoms with Gasteiger partial charge in [0.15, 0.2) is 0 Å². The van der Waals surface area contributed by atoms with Gasteiger partial charge in [0.25, 0.3) is 5.97 Å². The van der Waals surface area contributed by atoms with E-state index in [4.69, 9.17) is 9.90 Å².